The van der Waals surface area contributed by atoms with Crippen LogP contribution in [0.5, 0.6) is 5.75 Å². The predicted molar refractivity (Wildman–Crippen MR) is 73.3 cm³/mol. The largest absolute Gasteiger partial charge is 0.497 e. The van der Waals surface area contributed by atoms with E-state index >= 15 is 0 Å². The number of nitrogens with zero attached hydrogens (tertiary/aromatic N) is 1. The van der Waals surface area contributed by atoms with Gasteiger partial charge in [-0.15, -0.1) is 0 Å². The van der Waals surface area contributed by atoms with E-state index in [1.165, 1.54) is 5.69 Å². The van der Waals surface area contributed by atoms with Crippen LogP contribution < -0.4 is 15.0 Å². The highest BCUT2D eigenvalue weighted by molar-refractivity contribution is 5.50. The van der Waals surface area contributed by atoms with Gasteiger partial charge in [-0.3, -0.25) is 0 Å². The monoisotopic (exact) mass is 250 g/mol. The highest BCUT2D eigenvalue weighted by Gasteiger charge is 2.20. The number of hydrogen-bond acceptors (Lipinski definition) is 4. The number of benzene rings is 1. The molecule has 1 atom stereocenters. The minimum atomic E-state index is 0.235. The number of nitrogens with one attached hydrogen (secondary N) is 1. The lowest BCUT2D eigenvalue weighted by atomic mass is 10.1. The fourth-order valence-corrected chi connectivity index (χ4v) is 2.46. The maximum atomic E-state index is 9.18. The summed E-state index contributed by atoms with van der Waals surface area (Å²) < 4.78 is 5.18. The average Bonchev–Trinajstić information content (AvgIpc) is 2.65. The smallest absolute Gasteiger partial charge is 0.119 e. The van der Waals surface area contributed by atoms with Crippen molar-refractivity contribution in [1.29, 1.82) is 0 Å². The molecule has 1 aliphatic rings. The van der Waals surface area contributed by atoms with Crippen LogP contribution in [0.25, 0.3) is 0 Å². The second-order valence-electron chi connectivity index (χ2n) is 4.62. The SMILES string of the molecule is COc1ccc(N2CCCNCC2CCO)cc1. The number of rotatable bonds is 4. The van der Waals surface area contributed by atoms with Crippen LogP contribution in [-0.4, -0.2) is 44.5 Å². The van der Waals surface area contributed by atoms with E-state index in [0.29, 0.717) is 6.04 Å². The lowest BCUT2D eigenvalue weighted by molar-refractivity contribution is 0.273. The van der Waals surface area contributed by atoms with Gasteiger partial charge in [0.15, 0.2) is 0 Å². The summed E-state index contributed by atoms with van der Waals surface area (Å²) in [6.07, 6.45) is 1.94. The zero-order chi connectivity index (χ0) is 12.8. The van der Waals surface area contributed by atoms with Crippen LogP contribution >= 0.6 is 0 Å². The first-order valence-electron chi connectivity index (χ1n) is 6.57. The van der Waals surface area contributed by atoms with E-state index < -0.39 is 0 Å². The van der Waals surface area contributed by atoms with Gasteiger partial charge >= 0.3 is 0 Å². The molecule has 1 aromatic carbocycles. The molecule has 1 aliphatic heterocycles. The summed E-state index contributed by atoms with van der Waals surface area (Å²) in [5.74, 6) is 0.880. The van der Waals surface area contributed by atoms with Gasteiger partial charge in [0.25, 0.3) is 0 Å². The molecular formula is C14H22N2O2. The first kappa shape index (κ1) is 13.2. The molecule has 1 unspecified atom stereocenters. The first-order valence-corrected chi connectivity index (χ1v) is 6.57. The average molecular weight is 250 g/mol. The van der Waals surface area contributed by atoms with Crippen LogP contribution in [0.2, 0.25) is 0 Å². The van der Waals surface area contributed by atoms with Crippen LogP contribution in [0.1, 0.15) is 12.8 Å². The Morgan fingerprint density at radius 2 is 2.17 bits per heavy atom. The van der Waals surface area contributed by atoms with Gasteiger partial charge in [-0.25, -0.2) is 0 Å². The third kappa shape index (κ3) is 3.15. The van der Waals surface area contributed by atoms with Gasteiger partial charge < -0.3 is 20.1 Å². The molecule has 0 radical (unpaired) electrons. The van der Waals surface area contributed by atoms with E-state index in [0.717, 1.165) is 38.2 Å². The molecule has 1 fully saturated rings. The van der Waals surface area contributed by atoms with Gasteiger partial charge in [0, 0.05) is 31.4 Å². The molecule has 18 heavy (non-hydrogen) atoms. The Hall–Kier alpha value is -1.26. The van der Waals surface area contributed by atoms with Crippen molar-refractivity contribution in [3.8, 4) is 5.75 Å². The van der Waals surface area contributed by atoms with E-state index in [-0.39, 0.29) is 6.61 Å². The van der Waals surface area contributed by atoms with Crippen molar-refractivity contribution in [2.24, 2.45) is 0 Å². The van der Waals surface area contributed by atoms with Crippen LogP contribution in [0.15, 0.2) is 24.3 Å². The molecular weight excluding hydrogens is 228 g/mol. The molecule has 0 amide bonds. The van der Waals surface area contributed by atoms with Gasteiger partial charge in [-0.2, -0.15) is 0 Å². The quantitative estimate of drug-likeness (QED) is 0.844. The summed E-state index contributed by atoms with van der Waals surface area (Å²) >= 11 is 0. The van der Waals surface area contributed by atoms with Crippen LogP contribution in [0, 0.1) is 0 Å². The third-order valence-electron chi connectivity index (χ3n) is 3.44. The summed E-state index contributed by atoms with van der Waals surface area (Å²) in [5.41, 5.74) is 1.21. The Bertz CT molecular complexity index is 353. The maximum Gasteiger partial charge on any atom is 0.119 e. The van der Waals surface area contributed by atoms with Crippen molar-refractivity contribution in [3.63, 3.8) is 0 Å². The number of aliphatic hydroxyl groups excluding tert-OH is 1. The Balaban J connectivity index is 2.14. The van der Waals surface area contributed by atoms with Crippen molar-refractivity contribution in [1.82, 2.24) is 5.32 Å². The molecule has 0 saturated carbocycles. The molecule has 0 aromatic heterocycles. The highest BCUT2D eigenvalue weighted by atomic mass is 16.5. The third-order valence-corrected chi connectivity index (χ3v) is 3.44. The van der Waals surface area contributed by atoms with Crippen LogP contribution in [0.4, 0.5) is 5.69 Å². The summed E-state index contributed by atoms with van der Waals surface area (Å²) in [7, 11) is 1.68. The van der Waals surface area contributed by atoms with Gasteiger partial charge in [0.2, 0.25) is 0 Å². The molecule has 4 heteroatoms. The second-order valence-corrected chi connectivity index (χ2v) is 4.62. The fraction of sp³-hybridized carbons (Fsp3) is 0.571. The number of hydrogen-bond donors (Lipinski definition) is 2. The van der Waals surface area contributed by atoms with Crippen LogP contribution in [-0.2, 0) is 0 Å². The topological polar surface area (TPSA) is 44.7 Å². The lowest BCUT2D eigenvalue weighted by Gasteiger charge is -2.31. The highest BCUT2D eigenvalue weighted by Crippen LogP contribution is 2.23. The first-order chi connectivity index (χ1) is 8.85. The van der Waals surface area contributed by atoms with Gasteiger partial charge in [-0.1, -0.05) is 0 Å². The summed E-state index contributed by atoms with van der Waals surface area (Å²) in [4.78, 5) is 2.38. The number of anilines is 1. The predicted octanol–water partition coefficient (Wildman–Crippen LogP) is 1.25. The standard InChI is InChI=1S/C14H22N2O2/c1-18-14-5-3-12(4-6-14)16-9-2-8-15-11-13(16)7-10-17/h3-6,13,15,17H,2,7-11H2,1H3. The van der Waals surface area contributed by atoms with E-state index in [2.05, 4.69) is 22.3 Å². The fourth-order valence-electron chi connectivity index (χ4n) is 2.46. The molecule has 1 heterocycles. The molecule has 2 N–H and O–H groups in total. The Morgan fingerprint density at radius 1 is 1.39 bits per heavy atom. The van der Waals surface area contributed by atoms with Crippen molar-refractivity contribution in [3.05, 3.63) is 24.3 Å². The van der Waals surface area contributed by atoms with E-state index in [9.17, 15) is 5.11 Å². The minimum absolute atomic E-state index is 0.235. The van der Waals surface area contributed by atoms with Crippen molar-refractivity contribution in [2.75, 3.05) is 38.3 Å². The number of ether oxygens (including phenoxy) is 1. The molecule has 0 spiro atoms. The Labute approximate surface area is 109 Å². The second kappa shape index (κ2) is 6.61. The minimum Gasteiger partial charge on any atom is -0.497 e. The molecule has 0 bridgehead atoms. The van der Waals surface area contributed by atoms with E-state index in [4.69, 9.17) is 4.74 Å². The molecule has 0 aliphatic carbocycles. The summed E-state index contributed by atoms with van der Waals surface area (Å²) in [6.45, 7) is 3.25. The van der Waals surface area contributed by atoms with E-state index in [1.54, 1.807) is 7.11 Å². The van der Waals surface area contributed by atoms with Gasteiger partial charge in [0.1, 0.15) is 5.75 Å². The Morgan fingerprint density at radius 3 is 2.83 bits per heavy atom. The zero-order valence-electron chi connectivity index (χ0n) is 10.9. The number of aliphatic hydroxyl groups is 1. The summed E-state index contributed by atoms with van der Waals surface area (Å²) in [5, 5.41) is 12.6. The Kier molecular flexibility index (Phi) is 4.84. The molecule has 1 aromatic rings. The molecule has 1 saturated heterocycles. The van der Waals surface area contributed by atoms with Crippen LogP contribution in [0.3, 0.4) is 0 Å². The number of methoxy groups -OCH3 is 1. The van der Waals surface area contributed by atoms with Crippen molar-refractivity contribution < 1.29 is 9.84 Å². The van der Waals surface area contributed by atoms with Crippen molar-refractivity contribution in [2.45, 2.75) is 18.9 Å². The normalized spacial score (nSPS) is 20.6. The van der Waals surface area contributed by atoms with Gasteiger partial charge in [0.05, 0.1) is 7.11 Å². The molecule has 4 nitrogen and oxygen atoms in total. The molecule has 2 rings (SSSR count). The van der Waals surface area contributed by atoms with E-state index in [1.807, 2.05) is 12.1 Å². The zero-order valence-corrected chi connectivity index (χ0v) is 10.9. The van der Waals surface area contributed by atoms with Gasteiger partial charge in [-0.05, 0) is 43.7 Å². The lowest BCUT2D eigenvalue weighted by Crippen LogP contribution is -2.40. The molecule has 100 valence electrons. The van der Waals surface area contributed by atoms with Crippen molar-refractivity contribution >= 4 is 5.69 Å². The summed E-state index contributed by atoms with van der Waals surface area (Å²) in [6, 6.07) is 8.53. The maximum absolute atomic E-state index is 9.18.